The maximum Gasteiger partial charge on any atom is 0.0978 e. The van der Waals surface area contributed by atoms with E-state index in [4.69, 9.17) is 4.74 Å². The number of H-pyrrole nitrogens is 1. The number of ether oxygens (including phenoxy) is 1. The summed E-state index contributed by atoms with van der Waals surface area (Å²) < 4.78 is 5.96. The van der Waals surface area contributed by atoms with E-state index in [9.17, 15) is 0 Å². The van der Waals surface area contributed by atoms with Gasteiger partial charge in [0, 0.05) is 42.8 Å². The van der Waals surface area contributed by atoms with E-state index in [1.54, 1.807) is 0 Å². The van der Waals surface area contributed by atoms with Gasteiger partial charge in [-0.2, -0.15) is 5.10 Å². The molecule has 106 valence electrons. The number of pyridine rings is 1. The SMILES string of the molecule is Cc1[nH]ncc1CN[C@H]1CCCO[C@@H]1c1ccncc1. The van der Waals surface area contributed by atoms with Crippen molar-refractivity contribution < 1.29 is 4.74 Å². The van der Waals surface area contributed by atoms with Crippen LogP contribution >= 0.6 is 0 Å². The molecule has 1 aliphatic rings. The predicted octanol–water partition coefficient (Wildman–Crippen LogP) is 2.12. The summed E-state index contributed by atoms with van der Waals surface area (Å²) in [6, 6.07) is 4.40. The number of nitrogens with one attached hydrogen (secondary N) is 2. The third-order valence-corrected chi connectivity index (χ3v) is 3.85. The van der Waals surface area contributed by atoms with Crippen LogP contribution in [0.15, 0.2) is 30.7 Å². The number of rotatable bonds is 4. The summed E-state index contributed by atoms with van der Waals surface area (Å²) in [7, 11) is 0. The monoisotopic (exact) mass is 272 g/mol. The van der Waals surface area contributed by atoms with Gasteiger partial charge in [0.2, 0.25) is 0 Å². The van der Waals surface area contributed by atoms with Crippen molar-refractivity contribution in [2.45, 2.75) is 38.5 Å². The van der Waals surface area contributed by atoms with Crippen LogP contribution in [0.2, 0.25) is 0 Å². The van der Waals surface area contributed by atoms with Crippen molar-refractivity contribution in [3.8, 4) is 0 Å². The second-order valence-corrected chi connectivity index (χ2v) is 5.22. The Balaban J connectivity index is 1.68. The zero-order chi connectivity index (χ0) is 13.8. The highest BCUT2D eigenvalue weighted by Gasteiger charge is 2.27. The standard InChI is InChI=1S/C15H20N4O/c1-11-13(10-18-19-11)9-17-14-3-2-8-20-15(14)12-4-6-16-7-5-12/h4-7,10,14-15,17H,2-3,8-9H2,1H3,(H,18,19)/t14-,15+/m0/s1. The van der Waals surface area contributed by atoms with Crippen LogP contribution in [0.5, 0.6) is 0 Å². The molecule has 2 aromatic rings. The summed E-state index contributed by atoms with van der Waals surface area (Å²) in [5, 5.41) is 10.6. The van der Waals surface area contributed by atoms with Crippen LogP contribution in [-0.2, 0) is 11.3 Å². The molecule has 20 heavy (non-hydrogen) atoms. The van der Waals surface area contributed by atoms with Crippen LogP contribution in [0, 0.1) is 6.92 Å². The quantitative estimate of drug-likeness (QED) is 0.895. The van der Waals surface area contributed by atoms with Crippen molar-refractivity contribution in [1.29, 1.82) is 0 Å². The fourth-order valence-corrected chi connectivity index (χ4v) is 2.67. The molecule has 1 aliphatic heterocycles. The normalized spacial score (nSPS) is 22.9. The van der Waals surface area contributed by atoms with E-state index in [1.165, 1.54) is 11.1 Å². The molecule has 2 N–H and O–H groups in total. The summed E-state index contributed by atoms with van der Waals surface area (Å²) in [5.41, 5.74) is 3.53. The molecule has 0 aliphatic carbocycles. The number of aromatic amines is 1. The zero-order valence-corrected chi connectivity index (χ0v) is 11.7. The second kappa shape index (κ2) is 6.15. The first kappa shape index (κ1) is 13.3. The highest BCUT2D eigenvalue weighted by molar-refractivity contribution is 5.17. The van der Waals surface area contributed by atoms with Crippen molar-refractivity contribution in [3.05, 3.63) is 47.5 Å². The van der Waals surface area contributed by atoms with Crippen molar-refractivity contribution in [2.24, 2.45) is 0 Å². The molecule has 2 aromatic heterocycles. The average molecular weight is 272 g/mol. The van der Waals surface area contributed by atoms with E-state index in [0.717, 1.165) is 31.7 Å². The van der Waals surface area contributed by atoms with Crippen molar-refractivity contribution >= 4 is 0 Å². The summed E-state index contributed by atoms with van der Waals surface area (Å²) in [6.07, 6.45) is 7.87. The fourth-order valence-electron chi connectivity index (χ4n) is 2.67. The molecular formula is C15H20N4O. The van der Waals surface area contributed by atoms with E-state index in [0.29, 0.717) is 6.04 Å². The van der Waals surface area contributed by atoms with Crippen LogP contribution in [-0.4, -0.2) is 27.8 Å². The third-order valence-electron chi connectivity index (χ3n) is 3.85. The lowest BCUT2D eigenvalue weighted by Crippen LogP contribution is -2.39. The molecule has 0 aromatic carbocycles. The van der Waals surface area contributed by atoms with Gasteiger partial charge in [-0.1, -0.05) is 0 Å². The first-order valence-electron chi connectivity index (χ1n) is 7.08. The number of aryl methyl sites for hydroxylation is 1. The molecule has 3 heterocycles. The smallest absolute Gasteiger partial charge is 0.0978 e. The predicted molar refractivity (Wildman–Crippen MR) is 76.1 cm³/mol. The number of nitrogens with zero attached hydrogens (tertiary/aromatic N) is 2. The van der Waals surface area contributed by atoms with Gasteiger partial charge < -0.3 is 10.1 Å². The Labute approximate surface area is 118 Å². The van der Waals surface area contributed by atoms with Crippen LogP contribution in [0.25, 0.3) is 0 Å². The van der Waals surface area contributed by atoms with E-state index in [1.807, 2.05) is 37.6 Å². The number of hydrogen-bond acceptors (Lipinski definition) is 4. The summed E-state index contributed by atoms with van der Waals surface area (Å²) in [4.78, 5) is 4.08. The molecule has 0 saturated carbocycles. The summed E-state index contributed by atoms with van der Waals surface area (Å²) in [6.45, 7) is 3.69. The van der Waals surface area contributed by atoms with Gasteiger partial charge in [0.05, 0.1) is 12.3 Å². The van der Waals surface area contributed by atoms with Gasteiger partial charge in [-0.25, -0.2) is 0 Å². The maximum atomic E-state index is 5.96. The average Bonchev–Trinajstić information content (AvgIpc) is 2.92. The van der Waals surface area contributed by atoms with Crippen LogP contribution < -0.4 is 5.32 Å². The lowest BCUT2D eigenvalue weighted by Gasteiger charge is -2.32. The molecule has 5 heteroatoms. The molecule has 0 radical (unpaired) electrons. The van der Waals surface area contributed by atoms with Crippen LogP contribution in [0.4, 0.5) is 0 Å². The molecule has 0 amide bonds. The molecule has 3 rings (SSSR count). The molecule has 0 bridgehead atoms. The minimum Gasteiger partial charge on any atom is -0.372 e. The third kappa shape index (κ3) is 2.89. The number of hydrogen-bond donors (Lipinski definition) is 2. The minimum atomic E-state index is 0.110. The Morgan fingerprint density at radius 3 is 3.00 bits per heavy atom. The van der Waals surface area contributed by atoms with E-state index in [2.05, 4.69) is 20.5 Å². The van der Waals surface area contributed by atoms with Gasteiger partial charge in [0.1, 0.15) is 0 Å². The summed E-state index contributed by atoms with van der Waals surface area (Å²) >= 11 is 0. The Hall–Kier alpha value is -1.72. The molecular weight excluding hydrogens is 252 g/mol. The maximum absolute atomic E-state index is 5.96. The Bertz CT molecular complexity index is 540. The molecule has 1 saturated heterocycles. The van der Waals surface area contributed by atoms with Crippen molar-refractivity contribution in [1.82, 2.24) is 20.5 Å². The van der Waals surface area contributed by atoms with Gasteiger partial charge in [-0.3, -0.25) is 10.1 Å². The largest absolute Gasteiger partial charge is 0.372 e. The van der Waals surface area contributed by atoms with Crippen molar-refractivity contribution in [2.75, 3.05) is 6.61 Å². The molecule has 0 spiro atoms. The van der Waals surface area contributed by atoms with Gasteiger partial charge in [0.25, 0.3) is 0 Å². The number of aromatic nitrogens is 3. The fraction of sp³-hybridized carbons (Fsp3) is 0.467. The molecule has 0 unspecified atom stereocenters. The highest BCUT2D eigenvalue weighted by Crippen LogP contribution is 2.28. The molecule has 2 atom stereocenters. The summed E-state index contributed by atoms with van der Waals surface area (Å²) in [5.74, 6) is 0. The van der Waals surface area contributed by atoms with Gasteiger partial charge >= 0.3 is 0 Å². The second-order valence-electron chi connectivity index (χ2n) is 5.22. The topological polar surface area (TPSA) is 62.8 Å². The zero-order valence-electron chi connectivity index (χ0n) is 11.7. The van der Waals surface area contributed by atoms with E-state index >= 15 is 0 Å². The lowest BCUT2D eigenvalue weighted by atomic mass is 9.96. The van der Waals surface area contributed by atoms with Crippen LogP contribution in [0.3, 0.4) is 0 Å². The van der Waals surface area contributed by atoms with Gasteiger partial charge in [0.15, 0.2) is 0 Å². The Morgan fingerprint density at radius 1 is 1.40 bits per heavy atom. The van der Waals surface area contributed by atoms with Gasteiger partial charge in [-0.15, -0.1) is 0 Å². The first-order valence-corrected chi connectivity index (χ1v) is 7.08. The van der Waals surface area contributed by atoms with Gasteiger partial charge in [-0.05, 0) is 37.5 Å². The first-order chi connectivity index (χ1) is 9.84. The minimum absolute atomic E-state index is 0.110. The Morgan fingerprint density at radius 2 is 2.25 bits per heavy atom. The van der Waals surface area contributed by atoms with Crippen LogP contribution in [0.1, 0.15) is 35.8 Å². The van der Waals surface area contributed by atoms with Crippen molar-refractivity contribution in [3.63, 3.8) is 0 Å². The van der Waals surface area contributed by atoms with E-state index in [-0.39, 0.29) is 6.10 Å². The molecule has 5 nitrogen and oxygen atoms in total. The highest BCUT2D eigenvalue weighted by atomic mass is 16.5. The Kier molecular flexibility index (Phi) is 4.08. The van der Waals surface area contributed by atoms with E-state index < -0.39 is 0 Å². The molecule has 1 fully saturated rings. The lowest BCUT2D eigenvalue weighted by molar-refractivity contribution is -0.0112.